The Hall–Kier alpha value is -1.59. The van der Waals surface area contributed by atoms with Gasteiger partial charge in [-0.3, -0.25) is 4.79 Å². The van der Waals surface area contributed by atoms with Gasteiger partial charge >= 0.3 is 0 Å². The maximum atomic E-state index is 12.6. The summed E-state index contributed by atoms with van der Waals surface area (Å²) >= 11 is 0. The second-order valence-corrected chi connectivity index (χ2v) is 6.44. The minimum Gasteiger partial charge on any atom is -0.497 e. The molecule has 120 valence electrons. The molecule has 22 heavy (non-hydrogen) atoms. The maximum absolute atomic E-state index is 12.6. The van der Waals surface area contributed by atoms with E-state index in [0.29, 0.717) is 5.56 Å². The van der Waals surface area contributed by atoms with E-state index in [0.717, 1.165) is 51.2 Å². The molecule has 0 aliphatic carbocycles. The van der Waals surface area contributed by atoms with Crippen molar-refractivity contribution in [2.75, 3.05) is 33.3 Å². The van der Waals surface area contributed by atoms with E-state index in [9.17, 15) is 9.90 Å². The van der Waals surface area contributed by atoms with Crippen molar-refractivity contribution in [3.8, 4) is 5.75 Å². The molecule has 0 unspecified atom stereocenters. The van der Waals surface area contributed by atoms with Crippen molar-refractivity contribution in [3.05, 3.63) is 29.8 Å². The highest BCUT2D eigenvalue weighted by atomic mass is 16.5. The summed E-state index contributed by atoms with van der Waals surface area (Å²) in [4.78, 5) is 14.4. The van der Waals surface area contributed by atoms with Crippen LogP contribution in [0.25, 0.3) is 0 Å². The van der Waals surface area contributed by atoms with Crippen LogP contribution in [0, 0.1) is 5.41 Å². The third kappa shape index (κ3) is 2.96. The van der Waals surface area contributed by atoms with Gasteiger partial charge in [0.2, 0.25) is 0 Å². The normalized spacial score (nSPS) is 21.8. The molecule has 0 saturated carbocycles. The molecule has 2 aliphatic rings. The summed E-state index contributed by atoms with van der Waals surface area (Å²) in [5.41, 5.74) is 0.887. The molecule has 5 heteroatoms. The molecule has 0 radical (unpaired) electrons. The molecule has 3 rings (SSSR count). The quantitative estimate of drug-likeness (QED) is 0.884. The van der Waals surface area contributed by atoms with E-state index >= 15 is 0 Å². The molecule has 1 atom stereocenters. The summed E-state index contributed by atoms with van der Waals surface area (Å²) in [7, 11) is 1.60. The largest absolute Gasteiger partial charge is 0.497 e. The number of ether oxygens (including phenoxy) is 1. The highest BCUT2D eigenvalue weighted by Gasteiger charge is 2.41. The summed E-state index contributed by atoms with van der Waals surface area (Å²) in [6.07, 6.45) is 2.21. The van der Waals surface area contributed by atoms with Crippen molar-refractivity contribution in [3.63, 3.8) is 0 Å². The summed E-state index contributed by atoms with van der Waals surface area (Å²) in [5, 5.41) is 13.7. The predicted octanol–water partition coefficient (Wildman–Crippen LogP) is 1.33. The number of hydrogen-bond donors (Lipinski definition) is 2. The van der Waals surface area contributed by atoms with Crippen LogP contribution in [0.15, 0.2) is 24.3 Å². The molecule has 1 amide bonds. The maximum Gasteiger partial charge on any atom is 0.256 e. The molecule has 1 spiro atoms. The fraction of sp³-hybridized carbons (Fsp3) is 0.588. The number of aliphatic hydroxyl groups is 1. The highest BCUT2D eigenvalue weighted by molar-refractivity contribution is 5.82. The molecular formula is C17H24N2O3. The zero-order chi connectivity index (χ0) is 15.6. The number of piperidine rings is 1. The lowest BCUT2D eigenvalue weighted by molar-refractivity contribution is -0.140. The lowest BCUT2D eigenvalue weighted by Crippen LogP contribution is -2.40. The van der Waals surface area contributed by atoms with E-state index in [1.54, 1.807) is 31.4 Å². The minimum absolute atomic E-state index is 0.180. The predicted molar refractivity (Wildman–Crippen MR) is 83.7 cm³/mol. The number of methoxy groups -OCH3 is 1. The van der Waals surface area contributed by atoms with E-state index in [4.69, 9.17) is 4.74 Å². The second-order valence-electron chi connectivity index (χ2n) is 6.44. The van der Waals surface area contributed by atoms with Crippen LogP contribution in [0.3, 0.4) is 0 Å². The number of aliphatic hydroxyl groups excluding tert-OH is 1. The number of benzene rings is 1. The molecule has 1 aromatic carbocycles. The molecule has 5 nitrogen and oxygen atoms in total. The Morgan fingerprint density at radius 2 is 1.95 bits per heavy atom. The Morgan fingerprint density at radius 1 is 1.27 bits per heavy atom. The fourth-order valence-electron chi connectivity index (χ4n) is 3.59. The second kappa shape index (κ2) is 6.26. The zero-order valence-electron chi connectivity index (χ0n) is 13.0. The number of nitrogens with one attached hydrogen (secondary N) is 1. The van der Waals surface area contributed by atoms with Crippen molar-refractivity contribution >= 4 is 5.91 Å². The molecule has 2 heterocycles. The average molecular weight is 304 g/mol. The molecule has 1 aromatic rings. The van der Waals surface area contributed by atoms with Gasteiger partial charge in [-0.05, 0) is 55.5 Å². The summed E-state index contributed by atoms with van der Waals surface area (Å²) in [5.74, 6) is 0.541. The SMILES string of the molecule is COc1ccc([C@@H](O)C(=O)N2CCC3(CCNCC3)C2)cc1. The standard InChI is InChI=1S/C17H24N2O3/c1-22-14-4-2-13(3-5-14)15(20)16(21)19-11-8-17(12-19)6-9-18-10-7-17/h2-5,15,18,20H,6-12H2,1H3/t15-/m1/s1. The van der Waals surface area contributed by atoms with Crippen molar-refractivity contribution in [2.24, 2.45) is 5.41 Å². The molecule has 0 aromatic heterocycles. The number of hydrogen-bond acceptors (Lipinski definition) is 4. The Labute approximate surface area is 131 Å². The Balaban J connectivity index is 1.65. The van der Waals surface area contributed by atoms with Crippen LogP contribution in [-0.2, 0) is 4.79 Å². The van der Waals surface area contributed by atoms with Gasteiger partial charge in [-0.15, -0.1) is 0 Å². The summed E-state index contributed by atoms with van der Waals surface area (Å²) < 4.78 is 5.10. The first-order valence-corrected chi connectivity index (χ1v) is 7.95. The number of carbonyl (C=O) groups is 1. The molecular weight excluding hydrogens is 280 g/mol. The van der Waals surface area contributed by atoms with Gasteiger partial charge in [-0.2, -0.15) is 0 Å². The monoisotopic (exact) mass is 304 g/mol. The van der Waals surface area contributed by atoms with Crippen LogP contribution in [-0.4, -0.2) is 49.2 Å². The first-order valence-electron chi connectivity index (χ1n) is 7.95. The van der Waals surface area contributed by atoms with Crippen LogP contribution in [0.4, 0.5) is 0 Å². The number of nitrogens with zero attached hydrogens (tertiary/aromatic N) is 1. The molecule has 2 N–H and O–H groups in total. The minimum atomic E-state index is -1.08. The van der Waals surface area contributed by atoms with E-state index in [-0.39, 0.29) is 11.3 Å². The van der Waals surface area contributed by atoms with Crippen molar-refractivity contribution in [2.45, 2.75) is 25.4 Å². The Morgan fingerprint density at radius 3 is 2.59 bits per heavy atom. The molecule has 2 aliphatic heterocycles. The van der Waals surface area contributed by atoms with Gasteiger partial charge in [-0.1, -0.05) is 12.1 Å². The molecule has 0 bridgehead atoms. The summed E-state index contributed by atoms with van der Waals surface area (Å²) in [6.45, 7) is 3.60. The van der Waals surface area contributed by atoms with Crippen LogP contribution in [0.5, 0.6) is 5.75 Å². The Kier molecular flexibility index (Phi) is 4.36. The number of amides is 1. The lowest BCUT2D eigenvalue weighted by atomic mass is 9.78. The topological polar surface area (TPSA) is 61.8 Å². The van der Waals surface area contributed by atoms with Gasteiger partial charge in [0.15, 0.2) is 6.10 Å². The third-order valence-electron chi connectivity index (χ3n) is 5.08. The average Bonchev–Trinajstić information content (AvgIpc) is 2.97. The third-order valence-corrected chi connectivity index (χ3v) is 5.08. The van der Waals surface area contributed by atoms with E-state index < -0.39 is 6.10 Å². The van der Waals surface area contributed by atoms with E-state index in [1.807, 2.05) is 4.90 Å². The van der Waals surface area contributed by atoms with Crippen molar-refractivity contribution in [1.29, 1.82) is 0 Å². The lowest BCUT2D eigenvalue weighted by Gasteiger charge is -2.33. The van der Waals surface area contributed by atoms with Gasteiger partial charge in [0.1, 0.15) is 5.75 Å². The van der Waals surface area contributed by atoms with Crippen molar-refractivity contribution in [1.82, 2.24) is 10.2 Å². The van der Waals surface area contributed by atoms with Crippen molar-refractivity contribution < 1.29 is 14.6 Å². The number of rotatable bonds is 3. The fourth-order valence-corrected chi connectivity index (χ4v) is 3.59. The molecule has 2 saturated heterocycles. The van der Waals surface area contributed by atoms with Crippen LogP contribution >= 0.6 is 0 Å². The van der Waals surface area contributed by atoms with Crippen LogP contribution in [0.1, 0.15) is 30.9 Å². The number of likely N-dealkylation sites (tertiary alicyclic amines) is 1. The smallest absolute Gasteiger partial charge is 0.256 e. The van der Waals surface area contributed by atoms with Gasteiger partial charge in [-0.25, -0.2) is 0 Å². The highest BCUT2D eigenvalue weighted by Crippen LogP contribution is 2.39. The number of carbonyl (C=O) groups excluding carboxylic acids is 1. The van der Waals surface area contributed by atoms with Crippen LogP contribution < -0.4 is 10.1 Å². The van der Waals surface area contributed by atoms with Gasteiger partial charge in [0.25, 0.3) is 5.91 Å². The first kappa shape index (κ1) is 15.3. The molecule has 2 fully saturated rings. The summed E-state index contributed by atoms with van der Waals surface area (Å²) in [6, 6.07) is 7.03. The first-order chi connectivity index (χ1) is 10.6. The Bertz CT molecular complexity index is 523. The van der Waals surface area contributed by atoms with E-state index in [1.165, 1.54) is 0 Å². The van der Waals surface area contributed by atoms with Crippen LogP contribution in [0.2, 0.25) is 0 Å². The van der Waals surface area contributed by atoms with Gasteiger partial charge in [0, 0.05) is 13.1 Å². The van der Waals surface area contributed by atoms with Gasteiger partial charge in [0.05, 0.1) is 7.11 Å². The zero-order valence-corrected chi connectivity index (χ0v) is 13.0. The van der Waals surface area contributed by atoms with E-state index in [2.05, 4.69) is 5.32 Å². The van der Waals surface area contributed by atoms with Gasteiger partial charge < -0.3 is 20.1 Å².